The van der Waals surface area contributed by atoms with Crippen molar-refractivity contribution >= 4 is 33.8 Å². The summed E-state index contributed by atoms with van der Waals surface area (Å²) in [6.45, 7) is 0.489. The lowest BCUT2D eigenvalue weighted by molar-refractivity contribution is -0.139. The molecule has 1 aliphatic rings. The number of aromatic nitrogens is 2. The molecule has 2 heterocycles. The second-order valence-electron chi connectivity index (χ2n) is 4.64. The van der Waals surface area contributed by atoms with Crippen molar-refractivity contribution in [1.29, 1.82) is 0 Å². The topological polar surface area (TPSA) is 95.1 Å². The van der Waals surface area contributed by atoms with Crippen LogP contribution in [-0.2, 0) is 17.8 Å². The molecule has 106 valence electrons. The Morgan fingerprint density at radius 2 is 2.45 bits per heavy atom. The van der Waals surface area contributed by atoms with E-state index in [1.165, 1.54) is 11.3 Å². The number of H-pyrrole nitrogens is 1. The molecule has 1 aliphatic carbocycles. The van der Waals surface area contributed by atoms with Gasteiger partial charge in [0.05, 0.1) is 12.2 Å². The van der Waals surface area contributed by atoms with Crippen LogP contribution in [0.25, 0.3) is 0 Å². The molecule has 3 N–H and O–H groups in total. The minimum Gasteiger partial charge on any atom is -0.481 e. The zero-order chi connectivity index (χ0) is 14.1. The van der Waals surface area contributed by atoms with Crippen LogP contribution in [0.4, 0.5) is 5.13 Å². The maximum absolute atomic E-state index is 11.2. The summed E-state index contributed by atoms with van der Waals surface area (Å²) in [5, 5.41) is 14.8. The van der Waals surface area contributed by atoms with Gasteiger partial charge in [-0.15, -0.1) is 11.3 Å². The second kappa shape index (κ2) is 5.37. The van der Waals surface area contributed by atoms with Gasteiger partial charge < -0.3 is 15.4 Å². The summed E-state index contributed by atoms with van der Waals surface area (Å²) in [7, 11) is 0. The van der Waals surface area contributed by atoms with Crippen molar-refractivity contribution in [3.05, 3.63) is 31.3 Å². The molecule has 1 unspecified atom stereocenters. The summed E-state index contributed by atoms with van der Waals surface area (Å²) in [4.78, 5) is 30.4. The van der Waals surface area contributed by atoms with E-state index in [1.54, 1.807) is 5.38 Å². The lowest BCUT2D eigenvalue weighted by Gasteiger charge is -2.16. The molecule has 0 aromatic carbocycles. The molecule has 3 rings (SSSR count). The van der Waals surface area contributed by atoms with Crippen molar-refractivity contribution in [2.75, 3.05) is 5.32 Å². The van der Waals surface area contributed by atoms with Crippen LogP contribution in [0.3, 0.4) is 0 Å². The molecule has 0 bridgehead atoms. The molecule has 8 heteroatoms. The first-order valence-corrected chi connectivity index (χ1v) is 7.96. The summed E-state index contributed by atoms with van der Waals surface area (Å²) in [5.74, 6) is -1.28. The summed E-state index contributed by atoms with van der Waals surface area (Å²) in [6.07, 6.45) is 2.44. The normalized spacial score (nSPS) is 17.7. The van der Waals surface area contributed by atoms with Gasteiger partial charge in [-0.2, -0.15) is 0 Å². The van der Waals surface area contributed by atoms with E-state index in [-0.39, 0.29) is 4.87 Å². The van der Waals surface area contributed by atoms with E-state index in [1.807, 2.05) is 0 Å². The second-order valence-corrected chi connectivity index (χ2v) is 6.56. The van der Waals surface area contributed by atoms with Gasteiger partial charge in [0.2, 0.25) is 0 Å². The van der Waals surface area contributed by atoms with Gasteiger partial charge in [-0.05, 0) is 19.3 Å². The molecular formula is C12H13N3O3S2. The fraction of sp³-hybridized carbons (Fsp3) is 0.417. The number of fused-ring (bicyclic) bond motifs is 1. The summed E-state index contributed by atoms with van der Waals surface area (Å²) < 4.78 is 0. The van der Waals surface area contributed by atoms with E-state index in [4.69, 9.17) is 0 Å². The van der Waals surface area contributed by atoms with Gasteiger partial charge in [-0.25, -0.2) is 4.98 Å². The number of thiazole rings is 2. The molecule has 0 spiro atoms. The van der Waals surface area contributed by atoms with Gasteiger partial charge in [0.25, 0.3) is 0 Å². The monoisotopic (exact) mass is 311 g/mol. The molecule has 2 aromatic rings. The number of aryl methyl sites for hydroxylation is 1. The number of aromatic amines is 1. The molecule has 2 aromatic heterocycles. The van der Waals surface area contributed by atoms with E-state index in [9.17, 15) is 14.7 Å². The summed E-state index contributed by atoms with van der Waals surface area (Å²) in [6, 6.07) is 0. The lowest BCUT2D eigenvalue weighted by atomic mass is 9.91. The molecule has 6 nitrogen and oxygen atoms in total. The van der Waals surface area contributed by atoms with Gasteiger partial charge in [-0.1, -0.05) is 11.3 Å². The van der Waals surface area contributed by atoms with Crippen LogP contribution in [0.15, 0.2) is 10.2 Å². The number of aliphatic carboxylic acids is 1. The largest absolute Gasteiger partial charge is 0.481 e. The Balaban J connectivity index is 1.75. The van der Waals surface area contributed by atoms with Crippen molar-refractivity contribution < 1.29 is 9.90 Å². The predicted octanol–water partition coefficient (Wildman–Crippen LogP) is 2.01. The van der Waals surface area contributed by atoms with E-state index in [2.05, 4.69) is 15.3 Å². The van der Waals surface area contributed by atoms with Crippen molar-refractivity contribution in [3.8, 4) is 0 Å². The third-order valence-corrected chi connectivity index (χ3v) is 5.06. The highest BCUT2D eigenvalue weighted by molar-refractivity contribution is 7.15. The molecule has 0 amide bonds. The number of carboxylic acids is 1. The van der Waals surface area contributed by atoms with Crippen LogP contribution in [0.2, 0.25) is 0 Å². The van der Waals surface area contributed by atoms with Crippen molar-refractivity contribution in [1.82, 2.24) is 9.97 Å². The Morgan fingerprint density at radius 1 is 1.60 bits per heavy atom. The van der Waals surface area contributed by atoms with E-state index in [0.717, 1.165) is 39.9 Å². The zero-order valence-electron chi connectivity index (χ0n) is 10.5. The van der Waals surface area contributed by atoms with E-state index >= 15 is 0 Å². The highest BCUT2D eigenvalue weighted by atomic mass is 32.1. The number of rotatable bonds is 4. The summed E-state index contributed by atoms with van der Waals surface area (Å²) in [5.41, 5.74) is 1.51. The van der Waals surface area contributed by atoms with Crippen LogP contribution >= 0.6 is 22.7 Å². The van der Waals surface area contributed by atoms with Gasteiger partial charge in [0.15, 0.2) is 5.13 Å². The van der Waals surface area contributed by atoms with Crippen LogP contribution < -0.4 is 10.2 Å². The number of nitrogens with zero attached hydrogens (tertiary/aromatic N) is 1. The van der Waals surface area contributed by atoms with E-state index in [0.29, 0.717) is 18.7 Å². The Bertz CT molecular complexity index is 688. The van der Waals surface area contributed by atoms with Crippen LogP contribution in [0, 0.1) is 0 Å². The van der Waals surface area contributed by atoms with Gasteiger partial charge in [0, 0.05) is 16.0 Å². The fourth-order valence-corrected chi connectivity index (χ4v) is 3.95. The van der Waals surface area contributed by atoms with Crippen molar-refractivity contribution in [2.45, 2.75) is 31.7 Å². The molecule has 0 saturated heterocycles. The number of anilines is 1. The third-order valence-electron chi connectivity index (χ3n) is 3.25. The number of carbonyl (C=O) groups is 1. The maximum atomic E-state index is 11.2. The number of nitrogens with one attached hydrogen (secondary N) is 2. The Hall–Kier alpha value is -1.67. The minimum atomic E-state index is -0.801. The first-order valence-electron chi connectivity index (χ1n) is 6.26. The molecule has 20 heavy (non-hydrogen) atoms. The van der Waals surface area contributed by atoms with E-state index < -0.39 is 11.9 Å². The molecule has 1 atom stereocenters. The SMILES string of the molecule is O=C(O)C1CCCc2sc(NCc3csc(=O)[nH]3)nc21. The predicted molar refractivity (Wildman–Crippen MR) is 77.7 cm³/mol. The molecule has 0 radical (unpaired) electrons. The first kappa shape index (κ1) is 13.3. The first-order chi connectivity index (χ1) is 9.63. The average molecular weight is 311 g/mol. The van der Waals surface area contributed by atoms with Gasteiger partial charge in [0.1, 0.15) is 5.92 Å². The van der Waals surface area contributed by atoms with Crippen LogP contribution in [-0.4, -0.2) is 21.0 Å². The average Bonchev–Trinajstić information content (AvgIpc) is 3.01. The molecule has 0 fully saturated rings. The van der Waals surface area contributed by atoms with Crippen molar-refractivity contribution in [2.24, 2.45) is 0 Å². The quantitative estimate of drug-likeness (QED) is 0.803. The van der Waals surface area contributed by atoms with Gasteiger partial charge >= 0.3 is 10.8 Å². The van der Waals surface area contributed by atoms with Crippen LogP contribution in [0.5, 0.6) is 0 Å². The molecular weight excluding hydrogens is 298 g/mol. The molecule has 0 saturated carbocycles. The van der Waals surface area contributed by atoms with Crippen LogP contribution in [0.1, 0.15) is 35.0 Å². The Morgan fingerprint density at radius 3 is 3.15 bits per heavy atom. The highest BCUT2D eigenvalue weighted by Crippen LogP contribution is 2.36. The fourth-order valence-electron chi connectivity index (χ4n) is 2.31. The maximum Gasteiger partial charge on any atom is 0.312 e. The summed E-state index contributed by atoms with van der Waals surface area (Å²) >= 11 is 2.63. The standard InChI is InChI=1S/C12H13N3O3S2/c16-10(17)7-2-1-3-8-9(7)15-11(20-8)13-4-6-5-19-12(18)14-6/h5,7H,1-4H2,(H,13,15)(H,14,18)(H,16,17). The lowest BCUT2D eigenvalue weighted by Crippen LogP contribution is -2.17. The minimum absolute atomic E-state index is 0.0776. The van der Waals surface area contributed by atoms with Crippen molar-refractivity contribution in [3.63, 3.8) is 0 Å². The smallest absolute Gasteiger partial charge is 0.312 e. The zero-order valence-corrected chi connectivity index (χ0v) is 12.1. The molecule has 0 aliphatic heterocycles. The number of hydrogen-bond donors (Lipinski definition) is 3. The third kappa shape index (κ3) is 2.61. The Labute approximate surface area is 122 Å². The van der Waals surface area contributed by atoms with Gasteiger partial charge in [-0.3, -0.25) is 9.59 Å². The number of hydrogen-bond acceptors (Lipinski definition) is 6. The Kier molecular flexibility index (Phi) is 3.58. The number of carboxylic acid groups (broad SMARTS) is 1. The highest BCUT2D eigenvalue weighted by Gasteiger charge is 2.29.